The van der Waals surface area contributed by atoms with Gasteiger partial charge in [-0.3, -0.25) is 10.1 Å². The lowest BCUT2D eigenvalue weighted by Crippen LogP contribution is -2.41. The largest absolute Gasteiger partial charge is 0.417 e. The van der Waals surface area contributed by atoms with Crippen LogP contribution in [0.1, 0.15) is 68.7 Å². The van der Waals surface area contributed by atoms with E-state index in [1.165, 1.54) is 6.33 Å². The molecule has 0 atom stereocenters. The van der Waals surface area contributed by atoms with Crippen LogP contribution >= 0.6 is 23.2 Å². The quantitative estimate of drug-likeness (QED) is 0.228. The number of imide groups is 1. The summed E-state index contributed by atoms with van der Waals surface area (Å²) in [5.41, 5.74) is 1.36. The van der Waals surface area contributed by atoms with Gasteiger partial charge in [0.15, 0.2) is 19.3 Å². The molecule has 0 saturated heterocycles. The van der Waals surface area contributed by atoms with Crippen LogP contribution in [0.5, 0.6) is 0 Å². The SMILES string of the molecule is CC(C)c1ncnc(CCCO[Si](C)(C)C(C)(C)C)c1NC(=O)NC(=O)c1cc(F)c(Cl)nc1Cl. The Balaban J connectivity index is 2.15. The van der Waals surface area contributed by atoms with Gasteiger partial charge >= 0.3 is 6.03 Å². The maximum Gasteiger partial charge on any atom is 0.326 e. The Labute approximate surface area is 216 Å². The summed E-state index contributed by atoms with van der Waals surface area (Å²) in [5.74, 6) is -1.87. The number of nitrogens with one attached hydrogen (secondary N) is 2. The Hall–Kier alpha value is -2.14. The van der Waals surface area contributed by atoms with Gasteiger partial charge in [-0.1, -0.05) is 57.8 Å². The highest BCUT2D eigenvalue weighted by atomic mass is 35.5. The van der Waals surface area contributed by atoms with Crippen LogP contribution in [0.4, 0.5) is 14.9 Å². The zero-order chi connectivity index (χ0) is 26.6. The number of urea groups is 1. The van der Waals surface area contributed by atoms with Gasteiger partial charge in [0.2, 0.25) is 0 Å². The summed E-state index contributed by atoms with van der Waals surface area (Å²) in [6.07, 6.45) is 2.69. The zero-order valence-electron chi connectivity index (χ0n) is 21.1. The van der Waals surface area contributed by atoms with E-state index in [9.17, 15) is 14.0 Å². The van der Waals surface area contributed by atoms with Gasteiger partial charge in [-0.25, -0.2) is 24.1 Å². The van der Waals surface area contributed by atoms with Gasteiger partial charge in [0.1, 0.15) is 11.5 Å². The third-order valence-corrected chi connectivity index (χ3v) is 11.0. The number of halogens is 3. The Kier molecular flexibility index (Phi) is 9.75. The van der Waals surface area contributed by atoms with Crippen molar-refractivity contribution in [2.75, 3.05) is 11.9 Å². The predicted molar refractivity (Wildman–Crippen MR) is 138 cm³/mol. The molecular formula is C23H32Cl2FN5O3Si. The molecule has 0 aliphatic heterocycles. The molecule has 0 fully saturated rings. The van der Waals surface area contributed by atoms with E-state index < -0.39 is 31.2 Å². The van der Waals surface area contributed by atoms with Crippen LogP contribution in [0.3, 0.4) is 0 Å². The van der Waals surface area contributed by atoms with E-state index in [1.54, 1.807) is 0 Å². The molecule has 8 nitrogen and oxygen atoms in total. The maximum atomic E-state index is 13.7. The maximum absolute atomic E-state index is 13.7. The van der Waals surface area contributed by atoms with Crippen LogP contribution in [-0.4, -0.2) is 41.8 Å². The summed E-state index contributed by atoms with van der Waals surface area (Å²) in [6.45, 7) is 15.4. The molecule has 0 aromatic carbocycles. The Morgan fingerprint density at radius 3 is 2.43 bits per heavy atom. The molecule has 35 heavy (non-hydrogen) atoms. The van der Waals surface area contributed by atoms with Crippen LogP contribution < -0.4 is 10.6 Å². The van der Waals surface area contributed by atoms with Crippen molar-refractivity contribution in [1.29, 1.82) is 0 Å². The third-order valence-electron chi connectivity index (χ3n) is 5.93. The minimum Gasteiger partial charge on any atom is -0.417 e. The Bertz CT molecular complexity index is 1090. The molecule has 2 aromatic heterocycles. The van der Waals surface area contributed by atoms with E-state index in [2.05, 4.69) is 59.5 Å². The average Bonchev–Trinajstić information content (AvgIpc) is 2.73. The number of pyridine rings is 1. The smallest absolute Gasteiger partial charge is 0.326 e. The highest BCUT2D eigenvalue weighted by Gasteiger charge is 2.36. The van der Waals surface area contributed by atoms with Crippen LogP contribution in [0.25, 0.3) is 0 Å². The normalized spacial score (nSPS) is 12.1. The molecule has 0 spiro atoms. The van der Waals surface area contributed by atoms with Gasteiger partial charge in [0.25, 0.3) is 5.91 Å². The summed E-state index contributed by atoms with van der Waals surface area (Å²) in [7, 11) is -1.88. The lowest BCUT2D eigenvalue weighted by Gasteiger charge is -2.36. The summed E-state index contributed by atoms with van der Waals surface area (Å²) >= 11 is 11.4. The van der Waals surface area contributed by atoms with Crippen molar-refractivity contribution in [3.63, 3.8) is 0 Å². The highest BCUT2D eigenvalue weighted by Crippen LogP contribution is 2.36. The first-order chi connectivity index (χ1) is 16.1. The van der Waals surface area contributed by atoms with E-state index in [0.717, 1.165) is 6.07 Å². The second-order valence-corrected chi connectivity index (χ2v) is 15.5. The summed E-state index contributed by atoms with van der Waals surface area (Å²) in [4.78, 5) is 37.3. The fourth-order valence-electron chi connectivity index (χ4n) is 2.90. The van der Waals surface area contributed by atoms with Crippen LogP contribution in [0, 0.1) is 5.82 Å². The minimum absolute atomic E-state index is 0.0183. The van der Waals surface area contributed by atoms with E-state index in [4.69, 9.17) is 27.6 Å². The monoisotopic (exact) mass is 543 g/mol. The summed E-state index contributed by atoms with van der Waals surface area (Å²) in [5, 5.41) is 4.12. The van der Waals surface area contributed by atoms with Gasteiger partial charge in [0.05, 0.1) is 22.6 Å². The first-order valence-electron chi connectivity index (χ1n) is 11.3. The standard InChI is InChI=1S/C23H32Cl2FN5O3Si/c1-13(2)17-18(16(27-12-28-17)9-8-10-34-35(6,7)23(3,4)5)29-22(33)31-21(32)14-11-15(26)20(25)30-19(14)24/h11-13H,8-10H2,1-7H3,(H2,29,31,32,33). The molecule has 0 aliphatic rings. The number of rotatable bonds is 8. The van der Waals surface area contributed by atoms with Crippen molar-refractivity contribution in [2.24, 2.45) is 0 Å². The molecule has 0 unspecified atom stereocenters. The molecule has 2 N–H and O–H groups in total. The fraction of sp³-hybridized carbons (Fsp3) is 0.522. The molecule has 0 radical (unpaired) electrons. The van der Waals surface area contributed by atoms with Crippen molar-refractivity contribution in [1.82, 2.24) is 20.3 Å². The minimum atomic E-state index is -1.88. The van der Waals surface area contributed by atoms with Gasteiger partial charge in [-0.15, -0.1) is 0 Å². The number of nitrogens with zero attached hydrogens (tertiary/aromatic N) is 3. The topological polar surface area (TPSA) is 106 Å². The number of hydrogen-bond donors (Lipinski definition) is 2. The Morgan fingerprint density at radius 1 is 1.17 bits per heavy atom. The molecular weight excluding hydrogens is 512 g/mol. The van der Waals surface area contributed by atoms with Gasteiger partial charge < -0.3 is 9.74 Å². The summed E-state index contributed by atoms with van der Waals surface area (Å²) in [6, 6.07) is -0.0175. The number of anilines is 1. The van der Waals surface area contributed by atoms with Crippen LogP contribution in [0.15, 0.2) is 12.4 Å². The molecule has 3 amide bonds. The number of carbonyl (C=O) groups excluding carboxylic acids is 2. The van der Waals surface area contributed by atoms with Gasteiger partial charge in [-0.2, -0.15) is 0 Å². The van der Waals surface area contributed by atoms with Gasteiger partial charge in [-0.05, 0) is 43.0 Å². The predicted octanol–water partition coefficient (Wildman–Crippen LogP) is 6.36. The first-order valence-corrected chi connectivity index (χ1v) is 14.9. The number of hydrogen-bond acceptors (Lipinski definition) is 6. The zero-order valence-corrected chi connectivity index (χ0v) is 23.6. The first kappa shape index (κ1) is 29.1. The fourth-order valence-corrected chi connectivity index (χ4v) is 4.40. The van der Waals surface area contributed by atoms with Gasteiger partial charge in [0, 0.05) is 6.61 Å². The second kappa shape index (κ2) is 11.7. The number of amides is 3. The average molecular weight is 545 g/mol. The van der Waals surface area contributed by atoms with E-state index in [-0.39, 0.29) is 21.7 Å². The highest BCUT2D eigenvalue weighted by molar-refractivity contribution is 6.74. The van der Waals surface area contributed by atoms with Crippen LogP contribution in [-0.2, 0) is 10.8 Å². The molecule has 2 heterocycles. The lowest BCUT2D eigenvalue weighted by molar-refractivity contribution is 0.0966. The lowest BCUT2D eigenvalue weighted by atomic mass is 10.1. The molecule has 0 saturated carbocycles. The number of carbonyl (C=O) groups is 2. The Morgan fingerprint density at radius 2 is 1.83 bits per heavy atom. The molecule has 192 valence electrons. The van der Waals surface area contributed by atoms with E-state index in [1.807, 2.05) is 13.8 Å². The van der Waals surface area contributed by atoms with Crippen molar-refractivity contribution < 1.29 is 18.4 Å². The number of aryl methyl sites for hydroxylation is 1. The molecule has 12 heteroatoms. The third kappa shape index (κ3) is 7.67. The molecule has 2 aromatic rings. The summed E-state index contributed by atoms with van der Waals surface area (Å²) < 4.78 is 20.0. The van der Waals surface area contributed by atoms with Crippen molar-refractivity contribution in [3.05, 3.63) is 45.5 Å². The molecule has 2 rings (SSSR count). The van der Waals surface area contributed by atoms with E-state index >= 15 is 0 Å². The second-order valence-electron chi connectivity index (χ2n) is 9.96. The molecule has 0 bridgehead atoms. The van der Waals surface area contributed by atoms with Crippen LogP contribution in [0.2, 0.25) is 28.4 Å². The molecule has 0 aliphatic carbocycles. The van der Waals surface area contributed by atoms with Crippen molar-refractivity contribution in [2.45, 2.75) is 71.5 Å². The number of aromatic nitrogens is 3. The van der Waals surface area contributed by atoms with Crippen molar-refractivity contribution in [3.8, 4) is 0 Å². The van der Waals surface area contributed by atoms with Crippen molar-refractivity contribution >= 4 is 49.1 Å². The van der Waals surface area contributed by atoms with E-state index in [0.29, 0.717) is 36.5 Å².